The summed E-state index contributed by atoms with van der Waals surface area (Å²) in [6, 6.07) is 43.4. The number of benzene rings is 5. The SMILES string of the molecule is C.C.Cc1ccc(-c2ccc(C)cc2)cc1.Cc1ccc(C)cc1.Cc1ccc(CCc2ccc(C)cc2)cc1. The van der Waals surface area contributed by atoms with Gasteiger partial charge in [0.15, 0.2) is 0 Å². The molecule has 5 aromatic rings. The van der Waals surface area contributed by atoms with Crippen LogP contribution in [0.1, 0.15) is 59.4 Å². The van der Waals surface area contributed by atoms with E-state index in [1.807, 2.05) is 0 Å². The molecule has 0 atom stereocenters. The van der Waals surface area contributed by atoms with Crippen molar-refractivity contribution in [2.75, 3.05) is 0 Å². The third-order valence-corrected chi connectivity index (χ3v) is 6.60. The Morgan fingerprint density at radius 3 is 0.675 bits per heavy atom. The van der Waals surface area contributed by atoms with Gasteiger partial charge in [-0.1, -0.05) is 170 Å². The van der Waals surface area contributed by atoms with E-state index in [2.05, 4.69) is 163 Å². The summed E-state index contributed by atoms with van der Waals surface area (Å²) in [7, 11) is 0. The van der Waals surface area contributed by atoms with E-state index in [-0.39, 0.29) is 14.9 Å². The Kier molecular flexibility index (Phi) is 15.1. The summed E-state index contributed by atoms with van der Waals surface area (Å²) in [5.41, 5.74) is 13.4. The fourth-order valence-electron chi connectivity index (χ4n) is 3.93. The monoisotopic (exact) mass is 530 g/mol. The van der Waals surface area contributed by atoms with Gasteiger partial charge in [0, 0.05) is 0 Å². The van der Waals surface area contributed by atoms with Gasteiger partial charge in [-0.05, 0) is 76.6 Å². The van der Waals surface area contributed by atoms with E-state index in [1.165, 1.54) is 55.6 Å². The maximum absolute atomic E-state index is 2.23. The topological polar surface area (TPSA) is 0 Å². The molecule has 0 unspecified atom stereocenters. The van der Waals surface area contributed by atoms with Gasteiger partial charge in [-0.2, -0.15) is 0 Å². The Labute approximate surface area is 245 Å². The van der Waals surface area contributed by atoms with E-state index in [1.54, 1.807) is 0 Å². The lowest BCUT2D eigenvalue weighted by atomic mass is 10.0. The normalized spacial score (nSPS) is 9.55. The molecule has 5 aromatic carbocycles. The van der Waals surface area contributed by atoms with Crippen LogP contribution in [0.25, 0.3) is 11.1 Å². The Morgan fingerprint density at radius 2 is 0.450 bits per heavy atom. The molecule has 0 spiro atoms. The van der Waals surface area contributed by atoms with Crippen molar-refractivity contribution in [3.63, 3.8) is 0 Å². The van der Waals surface area contributed by atoms with E-state index < -0.39 is 0 Å². The molecule has 0 aromatic heterocycles. The van der Waals surface area contributed by atoms with Crippen molar-refractivity contribution >= 4 is 0 Å². The van der Waals surface area contributed by atoms with Crippen LogP contribution < -0.4 is 0 Å². The lowest BCUT2D eigenvalue weighted by Gasteiger charge is -2.03. The van der Waals surface area contributed by atoms with E-state index in [4.69, 9.17) is 0 Å². The zero-order valence-corrected chi connectivity index (χ0v) is 24.0. The Hall–Kier alpha value is -3.90. The van der Waals surface area contributed by atoms with Crippen LogP contribution in [-0.2, 0) is 12.8 Å². The Bertz CT molecular complexity index is 1230. The molecular weight excluding hydrogens is 480 g/mol. The first-order valence-electron chi connectivity index (χ1n) is 13.6. The fraction of sp³-hybridized carbons (Fsp3) is 0.250. The second-order valence-electron chi connectivity index (χ2n) is 10.4. The van der Waals surface area contributed by atoms with Crippen molar-refractivity contribution in [3.8, 4) is 11.1 Å². The van der Waals surface area contributed by atoms with Gasteiger partial charge < -0.3 is 0 Å². The molecule has 0 heterocycles. The second-order valence-corrected chi connectivity index (χ2v) is 10.4. The molecule has 0 saturated carbocycles. The highest BCUT2D eigenvalue weighted by Gasteiger charge is 1.96. The van der Waals surface area contributed by atoms with Crippen molar-refractivity contribution in [3.05, 3.63) is 166 Å². The Balaban J connectivity index is 0.000000307. The minimum absolute atomic E-state index is 0. The summed E-state index contributed by atoms with van der Waals surface area (Å²) in [5, 5.41) is 0. The number of aryl methyl sites for hydroxylation is 8. The molecule has 0 saturated heterocycles. The summed E-state index contributed by atoms with van der Waals surface area (Å²) < 4.78 is 0. The Morgan fingerprint density at radius 1 is 0.275 bits per heavy atom. The largest absolute Gasteiger partial charge is 0.0776 e. The van der Waals surface area contributed by atoms with E-state index in [0.29, 0.717) is 0 Å². The third kappa shape index (κ3) is 12.3. The first kappa shape index (κ1) is 34.1. The number of rotatable bonds is 4. The fourth-order valence-corrected chi connectivity index (χ4v) is 3.93. The minimum atomic E-state index is 0. The van der Waals surface area contributed by atoms with Crippen molar-refractivity contribution in [1.82, 2.24) is 0 Å². The van der Waals surface area contributed by atoms with Gasteiger partial charge in [-0.25, -0.2) is 0 Å². The summed E-state index contributed by atoms with van der Waals surface area (Å²) in [5.74, 6) is 0. The second kappa shape index (κ2) is 17.6. The first-order chi connectivity index (χ1) is 18.3. The molecule has 0 radical (unpaired) electrons. The zero-order valence-electron chi connectivity index (χ0n) is 24.0. The maximum atomic E-state index is 2.23. The molecule has 0 bridgehead atoms. The van der Waals surface area contributed by atoms with E-state index >= 15 is 0 Å². The van der Waals surface area contributed by atoms with Gasteiger partial charge in [0.1, 0.15) is 0 Å². The highest BCUT2D eigenvalue weighted by atomic mass is 14.0. The average molecular weight is 531 g/mol. The predicted octanol–water partition coefficient (Wildman–Crippen LogP) is 11.6. The standard InChI is InChI=1S/C16H18.C14H14.C8H10.2CH4/c1-13-3-7-15(8-4-13)11-12-16-9-5-14(2)6-10-16;1-11-3-7-13(8-4-11)14-9-5-12(2)6-10-14;1-7-3-5-8(2)6-4-7;;/h3-10H,11-12H2,1-2H3;3-10H,1-2H3;3-6H,1-2H3;2*1H4. The molecule has 210 valence electrons. The van der Waals surface area contributed by atoms with Crippen LogP contribution in [0.5, 0.6) is 0 Å². The van der Waals surface area contributed by atoms with E-state index in [0.717, 1.165) is 12.8 Å². The molecule has 0 nitrogen and oxygen atoms in total. The maximum Gasteiger partial charge on any atom is -0.0184 e. The zero-order chi connectivity index (χ0) is 27.3. The van der Waals surface area contributed by atoms with Crippen molar-refractivity contribution in [1.29, 1.82) is 0 Å². The van der Waals surface area contributed by atoms with Gasteiger partial charge >= 0.3 is 0 Å². The van der Waals surface area contributed by atoms with Gasteiger partial charge in [-0.3, -0.25) is 0 Å². The van der Waals surface area contributed by atoms with Gasteiger partial charge in [-0.15, -0.1) is 0 Å². The molecule has 0 fully saturated rings. The molecule has 0 amide bonds. The molecule has 0 aliphatic rings. The average Bonchev–Trinajstić information content (AvgIpc) is 2.93. The molecule has 0 aliphatic heterocycles. The summed E-state index contributed by atoms with van der Waals surface area (Å²) in [6.07, 6.45) is 2.26. The van der Waals surface area contributed by atoms with Gasteiger partial charge in [0.05, 0.1) is 0 Å². The van der Waals surface area contributed by atoms with Gasteiger partial charge in [0.25, 0.3) is 0 Å². The first-order valence-corrected chi connectivity index (χ1v) is 13.6. The van der Waals surface area contributed by atoms with Gasteiger partial charge in [0.2, 0.25) is 0 Å². The van der Waals surface area contributed by atoms with Crippen LogP contribution in [-0.4, -0.2) is 0 Å². The summed E-state index contributed by atoms with van der Waals surface area (Å²) >= 11 is 0. The smallest absolute Gasteiger partial charge is 0.0184 e. The highest BCUT2D eigenvalue weighted by Crippen LogP contribution is 2.19. The van der Waals surface area contributed by atoms with Crippen LogP contribution in [0.3, 0.4) is 0 Å². The predicted molar refractivity (Wildman–Crippen MR) is 180 cm³/mol. The molecule has 0 N–H and O–H groups in total. The lowest BCUT2D eigenvalue weighted by Crippen LogP contribution is -1.91. The van der Waals surface area contributed by atoms with Crippen LogP contribution in [0.4, 0.5) is 0 Å². The quantitative estimate of drug-likeness (QED) is 0.217. The number of hydrogen-bond donors (Lipinski definition) is 0. The minimum Gasteiger partial charge on any atom is -0.0776 e. The van der Waals surface area contributed by atoms with Crippen molar-refractivity contribution in [2.45, 2.75) is 69.2 Å². The van der Waals surface area contributed by atoms with E-state index in [9.17, 15) is 0 Å². The highest BCUT2D eigenvalue weighted by molar-refractivity contribution is 5.63. The van der Waals surface area contributed by atoms with Crippen molar-refractivity contribution in [2.24, 2.45) is 0 Å². The lowest BCUT2D eigenvalue weighted by molar-refractivity contribution is 0.958. The molecular formula is C40H50. The molecule has 5 rings (SSSR count). The summed E-state index contributed by atoms with van der Waals surface area (Å²) in [4.78, 5) is 0. The van der Waals surface area contributed by atoms with Crippen LogP contribution in [0, 0.1) is 41.5 Å². The molecule has 0 aliphatic carbocycles. The van der Waals surface area contributed by atoms with Crippen LogP contribution in [0.2, 0.25) is 0 Å². The molecule has 40 heavy (non-hydrogen) atoms. The van der Waals surface area contributed by atoms with Crippen molar-refractivity contribution < 1.29 is 0 Å². The van der Waals surface area contributed by atoms with Crippen LogP contribution >= 0.6 is 0 Å². The third-order valence-electron chi connectivity index (χ3n) is 6.60. The number of hydrogen-bond acceptors (Lipinski definition) is 0. The molecule has 0 heteroatoms. The summed E-state index contributed by atoms with van der Waals surface area (Å²) in [6.45, 7) is 12.7. The van der Waals surface area contributed by atoms with Crippen LogP contribution in [0.15, 0.2) is 121 Å².